The number of halogens is 1. The van der Waals surface area contributed by atoms with Crippen LogP contribution in [0.5, 0.6) is 0 Å². The molecule has 0 saturated heterocycles. The van der Waals surface area contributed by atoms with E-state index in [1.54, 1.807) is 17.4 Å². The molecule has 0 aliphatic carbocycles. The number of rotatable bonds is 7. The van der Waals surface area contributed by atoms with Gasteiger partial charge >= 0.3 is 0 Å². The van der Waals surface area contributed by atoms with Crippen LogP contribution in [0.1, 0.15) is 25.1 Å². The summed E-state index contributed by atoms with van der Waals surface area (Å²) in [6.07, 6.45) is 1.16. The molecule has 2 N–H and O–H groups in total. The highest BCUT2D eigenvalue weighted by atomic mass is 32.1. The number of benzene rings is 1. The molecule has 19 heavy (non-hydrogen) atoms. The fourth-order valence-electron chi connectivity index (χ4n) is 1.99. The molecule has 2 aromatic rings. The monoisotopic (exact) mass is 280 g/mol. The van der Waals surface area contributed by atoms with E-state index in [2.05, 4.69) is 30.5 Å². The molecule has 1 atom stereocenters. The van der Waals surface area contributed by atoms with Crippen molar-refractivity contribution in [2.24, 2.45) is 0 Å². The third-order valence-electron chi connectivity index (χ3n) is 3.04. The minimum Gasteiger partial charge on any atom is -0.315 e. The smallest absolute Gasteiger partial charge is 0.124 e. The van der Waals surface area contributed by atoms with Gasteiger partial charge in [-0.25, -0.2) is 4.39 Å². The van der Waals surface area contributed by atoms with E-state index in [0.29, 0.717) is 6.04 Å². The van der Waals surface area contributed by atoms with Crippen LogP contribution in [0, 0.1) is 5.82 Å². The van der Waals surface area contributed by atoms with Gasteiger partial charge in [0.15, 0.2) is 0 Å². The zero-order chi connectivity index (χ0) is 13.7. The largest absolute Gasteiger partial charge is 0.315 e. The number of fused-ring (bicyclic) bond motifs is 1. The highest BCUT2D eigenvalue weighted by Gasteiger charge is 2.05. The van der Waals surface area contributed by atoms with Gasteiger partial charge in [0.1, 0.15) is 5.82 Å². The Labute approximate surface area is 118 Å². The van der Waals surface area contributed by atoms with Crippen LogP contribution in [0.3, 0.4) is 0 Å². The van der Waals surface area contributed by atoms with Gasteiger partial charge in [0, 0.05) is 28.7 Å². The third-order valence-corrected chi connectivity index (χ3v) is 4.13. The van der Waals surface area contributed by atoms with E-state index in [0.717, 1.165) is 36.1 Å². The number of hydrogen-bond donors (Lipinski definition) is 2. The van der Waals surface area contributed by atoms with Gasteiger partial charge < -0.3 is 10.6 Å². The van der Waals surface area contributed by atoms with E-state index >= 15 is 0 Å². The van der Waals surface area contributed by atoms with Gasteiger partial charge in [0.25, 0.3) is 0 Å². The molecule has 0 amide bonds. The SMILES string of the molecule is CCCNCC(C)NCc1cc2ccc(F)cc2s1. The summed E-state index contributed by atoms with van der Waals surface area (Å²) >= 11 is 1.66. The van der Waals surface area contributed by atoms with Crippen molar-refractivity contribution in [2.75, 3.05) is 13.1 Å². The Bertz CT molecular complexity index is 524. The number of hydrogen-bond acceptors (Lipinski definition) is 3. The lowest BCUT2D eigenvalue weighted by Gasteiger charge is -2.13. The van der Waals surface area contributed by atoms with E-state index in [1.807, 2.05) is 6.07 Å². The Morgan fingerprint density at radius 3 is 2.95 bits per heavy atom. The predicted molar refractivity (Wildman–Crippen MR) is 81.2 cm³/mol. The van der Waals surface area contributed by atoms with Crippen molar-refractivity contribution in [2.45, 2.75) is 32.9 Å². The van der Waals surface area contributed by atoms with Crippen molar-refractivity contribution in [1.82, 2.24) is 10.6 Å². The number of thiophene rings is 1. The molecule has 2 nitrogen and oxygen atoms in total. The van der Waals surface area contributed by atoms with Gasteiger partial charge in [-0.15, -0.1) is 11.3 Å². The van der Waals surface area contributed by atoms with Gasteiger partial charge in [-0.05, 0) is 43.5 Å². The molecule has 1 aromatic heterocycles. The maximum Gasteiger partial charge on any atom is 0.124 e. The van der Waals surface area contributed by atoms with Crippen molar-refractivity contribution in [1.29, 1.82) is 0 Å². The minimum atomic E-state index is -0.161. The first kappa shape index (κ1) is 14.4. The highest BCUT2D eigenvalue weighted by Crippen LogP contribution is 2.26. The maximum atomic E-state index is 13.1. The Kier molecular flexibility index (Phi) is 5.31. The molecule has 0 fully saturated rings. The second-order valence-corrected chi connectivity index (χ2v) is 6.05. The van der Waals surface area contributed by atoms with Crippen molar-refractivity contribution >= 4 is 21.4 Å². The van der Waals surface area contributed by atoms with E-state index in [-0.39, 0.29) is 5.82 Å². The van der Waals surface area contributed by atoms with Gasteiger partial charge in [-0.2, -0.15) is 0 Å². The second kappa shape index (κ2) is 6.98. The van der Waals surface area contributed by atoms with Crippen molar-refractivity contribution < 1.29 is 4.39 Å². The van der Waals surface area contributed by atoms with Crippen LogP contribution < -0.4 is 10.6 Å². The van der Waals surface area contributed by atoms with Crippen LogP contribution >= 0.6 is 11.3 Å². The lowest BCUT2D eigenvalue weighted by atomic mass is 10.2. The van der Waals surface area contributed by atoms with E-state index in [1.165, 1.54) is 10.9 Å². The lowest BCUT2D eigenvalue weighted by Crippen LogP contribution is -2.36. The van der Waals surface area contributed by atoms with Crippen LogP contribution in [0.4, 0.5) is 4.39 Å². The van der Waals surface area contributed by atoms with Crippen LogP contribution in [0.25, 0.3) is 10.1 Å². The fraction of sp³-hybridized carbons (Fsp3) is 0.467. The Balaban J connectivity index is 1.87. The Hall–Kier alpha value is -0.970. The molecule has 4 heteroatoms. The molecular weight excluding hydrogens is 259 g/mol. The molecule has 2 rings (SSSR count). The minimum absolute atomic E-state index is 0.161. The van der Waals surface area contributed by atoms with Gasteiger partial charge in [-0.1, -0.05) is 13.0 Å². The van der Waals surface area contributed by atoms with Crippen LogP contribution in [-0.2, 0) is 6.54 Å². The van der Waals surface area contributed by atoms with Crippen LogP contribution in [0.2, 0.25) is 0 Å². The normalized spacial score (nSPS) is 13.0. The van der Waals surface area contributed by atoms with E-state index < -0.39 is 0 Å². The standard InChI is InChI=1S/C15H21FN2S/c1-3-6-17-9-11(2)18-10-14-7-12-4-5-13(16)8-15(12)19-14/h4-5,7-8,11,17-18H,3,6,9-10H2,1-2H3. The molecule has 0 spiro atoms. The molecule has 0 radical (unpaired) electrons. The Morgan fingerprint density at radius 1 is 1.32 bits per heavy atom. The molecule has 0 aliphatic rings. The first-order valence-electron chi connectivity index (χ1n) is 6.81. The van der Waals surface area contributed by atoms with Crippen LogP contribution in [0.15, 0.2) is 24.3 Å². The van der Waals surface area contributed by atoms with E-state index in [9.17, 15) is 4.39 Å². The maximum absolute atomic E-state index is 13.1. The molecule has 104 valence electrons. The first-order chi connectivity index (χ1) is 9.19. The zero-order valence-electron chi connectivity index (χ0n) is 11.5. The lowest BCUT2D eigenvalue weighted by molar-refractivity contribution is 0.503. The summed E-state index contributed by atoms with van der Waals surface area (Å²) in [5.41, 5.74) is 0. The summed E-state index contributed by atoms with van der Waals surface area (Å²) in [5, 5.41) is 8.01. The second-order valence-electron chi connectivity index (χ2n) is 4.88. The predicted octanol–water partition coefficient (Wildman–Crippen LogP) is 3.52. The molecular formula is C15H21FN2S. The van der Waals surface area contributed by atoms with E-state index in [4.69, 9.17) is 0 Å². The third kappa shape index (κ3) is 4.27. The zero-order valence-corrected chi connectivity index (χ0v) is 12.3. The van der Waals surface area contributed by atoms with Crippen LogP contribution in [-0.4, -0.2) is 19.1 Å². The molecule has 1 unspecified atom stereocenters. The summed E-state index contributed by atoms with van der Waals surface area (Å²) in [5.74, 6) is -0.161. The highest BCUT2D eigenvalue weighted by molar-refractivity contribution is 7.19. The molecule has 0 bridgehead atoms. The van der Waals surface area contributed by atoms with Gasteiger partial charge in [-0.3, -0.25) is 0 Å². The average Bonchev–Trinajstić information content (AvgIpc) is 2.78. The molecule has 1 aromatic carbocycles. The summed E-state index contributed by atoms with van der Waals surface area (Å²) in [6.45, 7) is 7.23. The molecule has 0 saturated carbocycles. The molecule has 1 heterocycles. The quantitative estimate of drug-likeness (QED) is 0.758. The molecule has 0 aliphatic heterocycles. The van der Waals surface area contributed by atoms with Crippen molar-refractivity contribution in [3.63, 3.8) is 0 Å². The summed E-state index contributed by atoms with van der Waals surface area (Å²) < 4.78 is 14.1. The average molecular weight is 280 g/mol. The summed E-state index contributed by atoms with van der Waals surface area (Å²) in [4.78, 5) is 1.25. The number of nitrogens with one attached hydrogen (secondary N) is 2. The van der Waals surface area contributed by atoms with Gasteiger partial charge in [0.2, 0.25) is 0 Å². The first-order valence-corrected chi connectivity index (χ1v) is 7.62. The summed E-state index contributed by atoms with van der Waals surface area (Å²) in [7, 11) is 0. The van der Waals surface area contributed by atoms with Gasteiger partial charge in [0.05, 0.1) is 0 Å². The van der Waals surface area contributed by atoms with Crippen molar-refractivity contribution in [3.05, 3.63) is 35.0 Å². The Morgan fingerprint density at radius 2 is 2.16 bits per heavy atom. The summed E-state index contributed by atoms with van der Waals surface area (Å²) in [6, 6.07) is 7.54. The van der Waals surface area contributed by atoms with Crippen molar-refractivity contribution in [3.8, 4) is 0 Å². The fourth-order valence-corrected chi connectivity index (χ4v) is 3.03. The topological polar surface area (TPSA) is 24.1 Å².